The number of carbonyl (C=O) groups excluding carboxylic acids is 1. The van der Waals surface area contributed by atoms with Crippen LogP contribution in [0.4, 0.5) is 11.4 Å². The van der Waals surface area contributed by atoms with Crippen LogP contribution in [-0.4, -0.2) is 16.4 Å². The quantitative estimate of drug-likeness (QED) is 0.660. The number of rotatable bonds is 5. The van der Waals surface area contributed by atoms with Crippen molar-refractivity contribution in [2.75, 3.05) is 5.32 Å². The van der Waals surface area contributed by atoms with E-state index in [4.69, 9.17) is 16.3 Å². The molecule has 120 valence electrons. The summed E-state index contributed by atoms with van der Waals surface area (Å²) in [5.74, 6) is 0.138. The van der Waals surface area contributed by atoms with Crippen molar-refractivity contribution < 1.29 is 14.5 Å². The summed E-state index contributed by atoms with van der Waals surface area (Å²) in [5.41, 5.74) is -0.719. The maximum Gasteiger partial charge on any atom is 0.269 e. The first-order chi connectivity index (χ1) is 10.8. The summed E-state index contributed by atoms with van der Waals surface area (Å²) in [6.07, 6.45) is 0. The first-order valence-electron chi connectivity index (χ1n) is 6.78. The molecule has 1 amide bonds. The van der Waals surface area contributed by atoms with Crippen molar-refractivity contribution in [2.24, 2.45) is 0 Å². The summed E-state index contributed by atoms with van der Waals surface area (Å²) in [7, 11) is 0. The average molecular weight is 335 g/mol. The maximum absolute atomic E-state index is 12.3. The number of hydrogen-bond acceptors (Lipinski definition) is 4. The maximum atomic E-state index is 12.3. The van der Waals surface area contributed by atoms with Gasteiger partial charge in [-0.05, 0) is 50.2 Å². The van der Waals surface area contributed by atoms with E-state index in [1.165, 1.54) is 24.3 Å². The van der Waals surface area contributed by atoms with Gasteiger partial charge in [-0.2, -0.15) is 0 Å². The number of nitro benzene ring substituents is 1. The third-order valence-electron chi connectivity index (χ3n) is 3.07. The molecule has 1 N–H and O–H groups in total. The summed E-state index contributed by atoms with van der Waals surface area (Å²) < 4.78 is 5.67. The van der Waals surface area contributed by atoms with Gasteiger partial charge in [-0.1, -0.05) is 11.6 Å². The zero-order valence-electron chi connectivity index (χ0n) is 12.6. The fourth-order valence-electron chi connectivity index (χ4n) is 1.79. The number of carbonyl (C=O) groups is 1. The molecule has 0 saturated heterocycles. The lowest BCUT2D eigenvalue weighted by Gasteiger charge is -2.25. The van der Waals surface area contributed by atoms with Gasteiger partial charge < -0.3 is 10.1 Å². The largest absolute Gasteiger partial charge is 0.478 e. The van der Waals surface area contributed by atoms with Crippen molar-refractivity contribution in [1.29, 1.82) is 0 Å². The number of non-ortho nitro benzene ring substituents is 1. The third-order valence-corrected chi connectivity index (χ3v) is 3.32. The predicted molar refractivity (Wildman–Crippen MR) is 87.9 cm³/mol. The molecule has 0 heterocycles. The van der Waals surface area contributed by atoms with Gasteiger partial charge in [0.2, 0.25) is 0 Å². The molecule has 23 heavy (non-hydrogen) atoms. The van der Waals surface area contributed by atoms with Crippen molar-refractivity contribution in [1.82, 2.24) is 0 Å². The van der Waals surface area contributed by atoms with Crippen LogP contribution in [0.3, 0.4) is 0 Å². The van der Waals surface area contributed by atoms with Gasteiger partial charge in [0, 0.05) is 22.8 Å². The molecule has 2 rings (SSSR count). The molecule has 0 saturated carbocycles. The fraction of sp³-hybridized carbons (Fsp3) is 0.188. The Bertz CT molecular complexity index is 712. The van der Waals surface area contributed by atoms with Gasteiger partial charge in [-0.15, -0.1) is 0 Å². The van der Waals surface area contributed by atoms with Crippen molar-refractivity contribution in [3.8, 4) is 5.75 Å². The molecule has 0 unspecified atom stereocenters. The highest BCUT2D eigenvalue weighted by Gasteiger charge is 2.30. The van der Waals surface area contributed by atoms with Gasteiger partial charge in [-0.25, -0.2) is 0 Å². The standard InChI is InChI=1S/C16H15ClN2O4/c1-16(2,23-14-9-3-11(17)4-10-14)15(20)18-12-5-7-13(8-6-12)19(21)22/h3-10H,1-2H3,(H,18,20). The molecule has 0 radical (unpaired) electrons. The SMILES string of the molecule is CC(C)(Oc1ccc(Cl)cc1)C(=O)Nc1ccc([N+](=O)[O-])cc1. The minimum atomic E-state index is -1.13. The second-order valence-electron chi connectivity index (χ2n) is 5.32. The van der Waals surface area contributed by atoms with Gasteiger partial charge in [-0.3, -0.25) is 14.9 Å². The number of nitrogens with one attached hydrogen (secondary N) is 1. The minimum Gasteiger partial charge on any atom is -0.478 e. The summed E-state index contributed by atoms with van der Waals surface area (Å²) in [6.45, 7) is 3.25. The molecule has 0 aliphatic carbocycles. The van der Waals surface area contributed by atoms with Crippen LogP contribution < -0.4 is 10.1 Å². The van der Waals surface area contributed by atoms with Crippen molar-refractivity contribution in [2.45, 2.75) is 19.4 Å². The Labute approximate surface area is 138 Å². The Hall–Kier alpha value is -2.60. The third kappa shape index (κ3) is 4.43. The molecule has 0 bridgehead atoms. The van der Waals surface area contributed by atoms with Crippen LogP contribution in [0.25, 0.3) is 0 Å². The molecule has 2 aromatic rings. The van der Waals surface area contributed by atoms with Gasteiger partial charge in [0.25, 0.3) is 11.6 Å². The molecule has 2 aromatic carbocycles. The molecule has 6 nitrogen and oxygen atoms in total. The highest BCUT2D eigenvalue weighted by molar-refractivity contribution is 6.30. The zero-order valence-corrected chi connectivity index (χ0v) is 13.3. The number of amides is 1. The lowest BCUT2D eigenvalue weighted by Crippen LogP contribution is -2.42. The minimum absolute atomic E-state index is 0.0420. The van der Waals surface area contributed by atoms with Crippen LogP contribution >= 0.6 is 11.6 Å². The van der Waals surface area contributed by atoms with Gasteiger partial charge >= 0.3 is 0 Å². The van der Waals surface area contributed by atoms with E-state index in [-0.39, 0.29) is 11.6 Å². The summed E-state index contributed by atoms with van der Waals surface area (Å²) in [4.78, 5) is 22.4. The number of nitro groups is 1. The van der Waals surface area contributed by atoms with E-state index in [1.54, 1.807) is 38.1 Å². The number of ether oxygens (including phenoxy) is 1. The van der Waals surface area contributed by atoms with E-state index in [0.29, 0.717) is 16.5 Å². The van der Waals surface area contributed by atoms with E-state index < -0.39 is 10.5 Å². The van der Waals surface area contributed by atoms with E-state index in [9.17, 15) is 14.9 Å². The Morgan fingerprint density at radius 1 is 1.13 bits per heavy atom. The normalized spacial score (nSPS) is 10.9. The lowest BCUT2D eigenvalue weighted by atomic mass is 10.1. The number of anilines is 1. The van der Waals surface area contributed by atoms with E-state index in [1.807, 2.05) is 0 Å². The summed E-state index contributed by atoms with van der Waals surface area (Å²) in [6, 6.07) is 12.3. The molecule has 7 heteroatoms. The van der Waals surface area contributed by atoms with Crippen LogP contribution in [-0.2, 0) is 4.79 Å². The fourth-order valence-corrected chi connectivity index (χ4v) is 1.92. The van der Waals surface area contributed by atoms with E-state index in [0.717, 1.165) is 0 Å². The zero-order chi connectivity index (χ0) is 17.0. The van der Waals surface area contributed by atoms with Gasteiger partial charge in [0.1, 0.15) is 5.75 Å². The molecular weight excluding hydrogens is 320 g/mol. The number of hydrogen-bond donors (Lipinski definition) is 1. The Morgan fingerprint density at radius 3 is 2.22 bits per heavy atom. The highest BCUT2D eigenvalue weighted by Crippen LogP contribution is 2.23. The van der Waals surface area contributed by atoms with Crippen molar-refractivity contribution in [3.63, 3.8) is 0 Å². The number of benzene rings is 2. The van der Waals surface area contributed by atoms with Crippen LogP contribution in [0.2, 0.25) is 5.02 Å². The number of nitrogens with zero attached hydrogens (tertiary/aromatic N) is 1. The molecule has 0 fully saturated rings. The molecule has 0 aliphatic heterocycles. The highest BCUT2D eigenvalue weighted by atomic mass is 35.5. The topological polar surface area (TPSA) is 81.5 Å². The van der Waals surface area contributed by atoms with Crippen LogP contribution in [0.15, 0.2) is 48.5 Å². The Kier molecular flexibility index (Phi) is 4.86. The number of halogens is 1. The molecule has 0 atom stereocenters. The monoisotopic (exact) mass is 334 g/mol. The summed E-state index contributed by atoms with van der Waals surface area (Å²) in [5, 5.41) is 13.9. The molecular formula is C16H15ClN2O4. The van der Waals surface area contributed by atoms with Crippen molar-refractivity contribution >= 4 is 28.9 Å². The predicted octanol–water partition coefficient (Wildman–Crippen LogP) is 4.04. The molecule has 0 aliphatic rings. The lowest BCUT2D eigenvalue weighted by molar-refractivity contribution is -0.384. The molecule has 0 spiro atoms. The van der Waals surface area contributed by atoms with Crippen LogP contribution in [0.5, 0.6) is 5.75 Å². The molecule has 0 aromatic heterocycles. The Morgan fingerprint density at radius 2 is 1.70 bits per heavy atom. The smallest absolute Gasteiger partial charge is 0.269 e. The van der Waals surface area contributed by atoms with E-state index >= 15 is 0 Å². The first-order valence-corrected chi connectivity index (χ1v) is 7.16. The second kappa shape index (κ2) is 6.66. The van der Waals surface area contributed by atoms with Gasteiger partial charge in [0.15, 0.2) is 5.60 Å². The average Bonchev–Trinajstić information content (AvgIpc) is 2.50. The summed E-state index contributed by atoms with van der Waals surface area (Å²) >= 11 is 5.80. The van der Waals surface area contributed by atoms with Crippen molar-refractivity contribution in [3.05, 3.63) is 63.7 Å². The first kappa shape index (κ1) is 16.8. The van der Waals surface area contributed by atoms with Crippen LogP contribution in [0, 0.1) is 10.1 Å². The van der Waals surface area contributed by atoms with E-state index in [2.05, 4.69) is 5.32 Å². The van der Waals surface area contributed by atoms with Gasteiger partial charge in [0.05, 0.1) is 4.92 Å². The second-order valence-corrected chi connectivity index (χ2v) is 5.76. The Balaban J connectivity index is 2.05. The van der Waals surface area contributed by atoms with Crippen LogP contribution in [0.1, 0.15) is 13.8 Å².